The van der Waals surface area contributed by atoms with E-state index < -0.39 is 0 Å². The molecule has 0 spiro atoms. The highest BCUT2D eigenvalue weighted by Crippen LogP contribution is 2.36. The van der Waals surface area contributed by atoms with Crippen LogP contribution >= 0.6 is 11.8 Å². The molecule has 0 radical (unpaired) electrons. The Bertz CT molecular complexity index is 1370. The maximum Gasteiger partial charge on any atom is 0.262 e. The molecule has 1 saturated heterocycles. The minimum atomic E-state index is -0.325. The van der Waals surface area contributed by atoms with Crippen LogP contribution in [-0.2, 0) is 11.3 Å². The van der Waals surface area contributed by atoms with E-state index in [2.05, 4.69) is 0 Å². The van der Waals surface area contributed by atoms with Crippen molar-refractivity contribution in [3.8, 4) is 23.0 Å². The molecule has 35 heavy (non-hydrogen) atoms. The molecule has 1 aromatic heterocycles. The summed E-state index contributed by atoms with van der Waals surface area (Å²) < 4.78 is 23.6. The third-order valence-corrected chi connectivity index (χ3v) is 7.84. The van der Waals surface area contributed by atoms with Crippen LogP contribution in [0.3, 0.4) is 0 Å². The highest BCUT2D eigenvalue weighted by molar-refractivity contribution is 8.00. The average Bonchev–Trinajstić information content (AvgIpc) is 3.64. The van der Waals surface area contributed by atoms with Gasteiger partial charge >= 0.3 is 0 Å². The number of rotatable bonds is 6. The van der Waals surface area contributed by atoms with Crippen molar-refractivity contribution in [1.82, 2.24) is 14.5 Å². The number of nitrogens with zero attached hydrogens (tertiary/aromatic N) is 3. The monoisotopic (exact) mass is 495 g/mol. The Hall–Kier alpha value is -3.40. The SMILES string of the molecule is CC[C@@H](Sc1nc2cc3c(cc2c(=O)n1Cc1ccc2c(c1)OCO2)OCO3)C(=O)N1CCCC1. The number of hydrogen-bond acceptors (Lipinski definition) is 8. The number of aromatic nitrogens is 2. The van der Waals surface area contributed by atoms with Gasteiger partial charge in [-0.25, -0.2) is 4.98 Å². The van der Waals surface area contributed by atoms with E-state index in [1.54, 1.807) is 16.7 Å². The maximum atomic E-state index is 13.7. The van der Waals surface area contributed by atoms with E-state index in [1.165, 1.54) is 11.8 Å². The van der Waals surface area contributed by atoms with Gasteiger partial charge in [0.1, 0.15) is 0 Å². The first-order valence-electron chi connectivity index (χ1n) is 11.8. The van der Waals surface area contributed by atoms with E-state index in [9.17, 15) is 9.59 Å². The van der Waals surface area contributed by atoms with Crippen molar-refractivity contribution in [2.75, 3.05) is 26.7 Å². The van der Waals surface area contributed by atoms with E-state index in [-0.39, 0.29) is 36.8 Å². The second-order valence-electron chi connectivity index (χ2n) is 8.74. The van der Waals surface area contributed by atoms with Gasteiger partial charge in [-0.2, -0.15) is 0 Å². The van der Waals surface area contributed by atoms with Crippen molar-refractivity contribution in [3.05, 3.63) is 46.2 Å². The Morgan fingerprint density at radius 2 is 1.69 bits per heavy atom. The molecule has 4 heterocycles. The Morgan fingerprint density at radius 3 is 2.43 bits per heavy atom. The summed E-state index contributed by atoms with van der Waals surface area (Å²) in [5.74, 6) is 2.53. The molecular formula is C25H25N3O6S. The molecule has 1 amide bonds. The summed E-state index contributed by atoms with van der Waals surface area (Å²) in [6.07, 6.45) is 2.70. The zero-order valence-electron chi connectivity index (χ0n) is 19.3. The van der Waals surface area contributed by atoms with Crippen LogP contribution in [0.25, 0.3) is 10.9 Å². The lowest BCUT2D eigenvalue weighted by molar-refractivity contribution is -0.129. The molecule has 0 saturated carbocycles. The van der Waals surface area contributed by atoms with E-state index in [4.69, 9.17) is 23.9 Å². The Balaban J connectivity index is 1.42. The van der Waals surface area contributed by atoms with Gasteiger partial charge in [-0.15, -0.1) is 0 Å². The minimum absolute atomic E-state index is 0.102. The number of carbonyl (C=O) groups excluding carboxylic acids is 1. The molecule has 6 rings (SSSR count). The number of carbonyl (C=O) groups is 1. The van der Waals surface area contributed by atoms with E-state index in [1.807, 2.05) is 30.0 Å². The molecule has 0 aliphatic carbocycles. The molecule has 0 bridgehead atoms. The smallest absolute Gasteiger partial charge is 0.262 e. The molecule has 1 fully saturated rings. The number of amides is 1. The van der Waals surface area contributed by atoms with Gasteiger partial charge in [-0.05, 0) is 43.0 Å². The molecule has 3 aliphatic rings. The van der Waals surface area contributed by atoms with Crippen LogP contribution in [0.2, 0.25) is 0 Å². The number of hydrogen-bond donors (Lipinski definition) is 0. The molecule has 3 aromatic rings. The van der Waals surface area contributed by atoms with E-state index in [0.29, 0.717) is 45.5 Å². The number of benzene rings is 2. The summed E-state index contributed by atoms with van der Waals surface area (Å²) in [6, 6.07) is 9.04. The first kappa shape index (κ1) is 22.1. The molecule has 3 aliphatic heterocycles. The summed E-state index contributed by atoms with van der Waals surface area (Å²) >= 11 is 1.35. The number of likely N-dealkylation sites (tertiary alicyclic amines) is 1. The molecule has 2 aromatic carbocycles. The van der Waals surface area contributed by atoms with Crippen molar-refractivity contribution in [2.45, 2.75) is 43.1 Å². The van der Waals surface area contributed by atoms with Gasteiger partial charge in [0, 0.05) is 19.2 Å². The summed E-state index contributed by atoms with van der Waals surface area (Å²) in [6.45, 7) is 4.14. The fraction of sp³-hybridized carbons (Fsp3) is 0.400. The Labute approximate surface area is 205 Å². The summed E-state index contributed by atoms with van der Waals surface area (Å²) in [5.41, 5.74) is 1.20. The number of ether oxygens (including phenoxy) is 4. The van der Waals surface area contributed by atoms with Crippen molar-refractivity contribution < 1.29 is 23.7 Å². The lowest BCUT2D eigenvalue weighted by atomic mass is 10.2. The lowest BCUT2D eigenvalue weighted by Gasteiger charge is -2.23. The average molecular weight is 496 g/mol. The van der Waals surface area contributed by atoms with Crippen LogP contribution in [-0.4, -0.2) is 52.3 Å². The fourth-order valence-corrected chi connectivity index (χ4v) is 5.72. The van der Waals surface area contributed by atoms with Crippen LogP contribution in [0.1, 0.15) is 31.7 Å². The van der Waals surface area contributed by atoms with Crippen molar-refractivity contribution in [1.29, 1.82) is 0 Å². The summed E-state index contributed by atoms with van der Waals surface area (Å²) in [4.78, 5) is 33.7. The number of fused-ring (bicyclic) bond motifs is 3. The van der Waals surface area contributed by atoms with Crippen molar-refractivity contribution in [3.63, 3.8) is 0 Å². The second-order valence-corrected chi connectivity index (χ2v) is 9.91. The quantitative estimate of drug-likeness (QED) is 0.380. The predicted molar refractivity (Wildman–Crippen MR) is 130 cm³/mol. The van der Waals surface area contributed by atoms with Crippen LogP contribution < -0.4 is 24.5 Å². The van der Waals surface area contributed by atoms with Gasteiger partial charge in [0.2, 0.25) is 19.5 Å². The van der Waals surface area contributed by atoms with Gasteiger partial charge in [-0.3, -0.25) is 14.2 Å². The number of thioether (sulfide) groups is 1. The molecule has 10 heteroatoms. The molecular weight excluding hydrogens is 470 g/mol. The molecule has 9 nitrogen and oxygen atoms in total. The Morgan fingerprint density at radius 1 is 1.00 bits per heavy atom. The topological polar surface area (TPSA) is 92.1 Å². The molecule has 182 valence electrons. The minimum Gasteiger partial charge on any atom is -0.454 e. The Kier molecular flexibility index (Phi) is 5.68. The van der Waals surface area contributed by atoms with Crippen molar-refractivity contribution >= 4 is 28.6 Å². The maximum absolute atomic E-state index is 13.7. The van der Waals surface area contributed by atoms with Gasteiger partial charge in [0.05, 0.1) is 22.7 Å². The fourth-order valence-electron chi connectivity index (χ4n) is 4.62. The highest BCUT2D eigenvalue weighted by atomic mass is 32.2. The van der Waals surface area contributed by atoms with E-state index in [0.717, 1.165) is 31.5 Å². The van der Waals surface area contributed by atoms with Gasteiger partial charge in [0.25, 0.3) is 5.56 Å². The van der Waals surface area contributed by atoms with Crippen LogP contribution in [0.5, 0.6) is 23.0 Å². The third-order valence-electron chi connectivity index (χ3n) is 6.50. The van der Waals surface area contributed by atoms with Crippen LogP contribution in [0, 0.1) is 0 Å². The largest absolute Gasteiger partial charge is 0.454 e. The molecule has 0 N–H and O–H groups in total. The first-order chi connectivity index (χ1) is 17.1. The van der Waals surface area contributed by atoms with Crippen molar-refractivity contribution in [2.24, 2.45) is 0 Å². The van der Waals surface area contributed by atoms with Crippen LogP contribution in [0.4, 0.5) is 0 Å². The first-order valence-corrected chi connectivity index (χ1v) is 12.7. The van der Waals surface area contributed by atoms with Gasteiger partial charge in [-0.1, -0.05) is 24.8 Å². The predicted octanol–water partition coefficient (Wildman–Crippen LogP) is 3.40. The zero-order valence-corrected chi connectivity index (χ0v) is 20.1. The summed E-state index contributed by atoms with van der Waals surface area (Å²) in [7, 11) is 0. The third kappa shape index (κ3) is 4.05. The van der Waals surface area contributed by atoms with Gasteiger partial charge < -0.3 is 23.8 Å². The lowest BCUT2D eigenvalue weighted by Crippen LogP contribution is -2.36. The van der Waals surface area contributed by atoms with Crippen LogP contribution in [0.15, 0.2) is 40.3 Å². The summed E-state index contributed by atoms with van der Waals surface area (Å²) in [5, 5.41) is 0.617. The van der Waals surface area contributed by atoms with Gasteiger partial charge in [0.15, 0.2) is 28.2 Å². The molecule has 1 atom stereocenters. The highest BCUT2D eigenvalue weighted by Gasteiger charge is 2.28. The second kappa shape index (κ2) is 8.99. The standard InChI is InChI=1S/C25H25N3O6S/c1-2-22(24(30)27-7-3-4-8-27)35-25-26-17-11-21-20(33-14-34-21)10-16(17)23(29)28(25)12-15-5-6-18-19(9-15)32-13-31-18/h5-6,9-11,22H,2-4,7-8,12-14H2,1H3/t22-/m1/s1. The van der Waals surface area contributed by atoms with E-state index >= 15 is 0 Å². The normalized spacial score (nSPS) is 16.8. The zero-order chi connectivity index (χ0) is 23.9. The molecule has 0 unspecified atom stereocenters.